The molecule has 0 aliphatic heterocycles. The zero-order valence-electron chi connectivity index (χ0n) is 7.47. The van der Waals surface area contributed by atoms with Crippen LogP contribution in [0.15, 0.2) is 0 Å². The summed E-state index contributed by atoms with van der Waals surface area (Å²) >= 11 is 0. The van der Waals surface area contributed by atoms with Crippen LogP contribution in [0.5, 0.6) is 0 Å². The van der Waals surface area contributed by atoms with Gasteiger partial charge in [-0.15, -0.1) is 0 Å². The average Bonchev–Trinajstić information content (AvgIpc) is 1.84. The number of nitrogens with one attached hydrogen (secondary N) is 1. The van der Waals surface area contributed by atoms with Gasteiger partial charge in [0.25, 0.3) is 5.91 Å². The van der Waals surface area contributed by atoms with E-state index in [9.17, 15) is 9.59 Å². The molecule has 0 atom stereocenters. The van der Waals surface area contributed by atoms with E-state index in [4.69, 9.17) is 0 Å². The summed E-state index contributed by atoms with van der Waals surface area (Å²) in [5.41, 5.74) is 0. The molecule has 0 bridgehead atoms. The third-order valence-corrected chi connectivity index (χ3v) is 1.17. The highest BCUT2D eigenvalue weighted by Crippen LogP contribution is 1.94. The molecule has 0 radical (unpaired) electrons. The Morgan fingerprint density at radius 3 is 1.82 bits per heavy atom. The van der Waals surface area contributed by atoms with Gasteiger partial charge in [-0.05, 0) is 13.8 Å². The first-order chi connectivity index (χ1) is 4.95. The second-order valence-corrected chi connectivity index (χ2v) is 3.15. The first-order valence-corrected chi connectivity index (χ1v) is 3.79. The highest BCUT2D eigenvalue weighted by molar-refractivity contribution is 6.36. The molecule has 1 N–H and O–H groups in total. The summed E-state index contributed by atoms with van der Waals surface area (Å²) in [5, 5.41) is 2.54. The standard InChI is InChI=1S/C8H15NO2/c1-5(2)7(10)8(11)9-6(3)4/h5-6H,1-4H3,(H,9,11). The van der Waals surface area contributed by atoms with Gasteiger partial charge in [-0.25, -0.2) is 0 Å². The van der Waals surface area contributed by atoms with Crippen LogP contribution in [0, 0.1) is 5.92 Å². The van der Waals surface area contributed by atoms with Crippen molar-refractivity contribution < 1.29 is 9.59 Å². The van der Waals surface area contributed by atoms with E-state index in [0.29, 0.717) is 0 Å². The third kappa shape index (κ3) is 3.75. The minimum atomic E-state index is -0.477. The molecule has 0 unspecified atom stereocenters. The lowest BCUT2D eigenvalue weighted by Crippen LogP contribution is -2.37. The van der Waals surface area contributed by atoms with Crippen LogP contribution >= 0.6 is 0 Å². The summed E-state index contributed by atoms with van der Waals surface area (Å²) < 4.78 is 0. The zero-order chi connectivity index (χ0) is 9.02. The highest BCUT2D eigenvalue weighted by atomic mass is 16.2. The summed E-state index contributed by atoms with van der Waals surface area (Å²) in [7, 11) is 0. The number of carbonyl (C=O) groups excluding carboxylic acids is 2. The molecule has 0 aromatic carbocycles. The van der Waals surface area contributed by atoms with Crippen molar-refractivity contribution in [3.8, 4) is 0 Å². The minimum absolute atomic E-state index is 0.0326. The van der Waals surface area contributed by atoms with Gasteiger partial charge < -0.3 is 5.32 Å². The minimum Gasteiger partial charge on any atom is -0.347 e. The Kier molecular flexibility index (Phi) is 3.79. The van der Waals surface area contributed by atoms with Crippen LogP contribution in [0.1, 0.15) is 27.7 Å². The Morgan fingerprint density at radius 2 is 1.55 bits per heavy atom. The van der Waals surface area contributed by atoms with E-state index < -0.39 is 5.91 Å². The normalized spacial score (nSPS) is 10.4. The molecule has 3 heteroatoms. The second kappa shape index (κ2) is 4.11. The van der Waals surface area contributed by atoms with Crippen LogP contribution in [0.3, 0.4) is 0 Å². The molecule has 0 spiro atoms. The van der Waals surface area contributed by atoms with Gasteiger partial charge in [-0.3, -0.25) is 9.59 Å². The molecule has 0 aliphatic rings. The van der Waals surface area contributed by atoms with Gasteiger partial charge in [-0.1, -0.05) is 13.8 Å². The van der Waals surface area contributed by atoms with E-state index in [0.717, 1.165) is 0 Å². The van der Waals surface area contributed by atoms with Crippen molar-refractivity contribution in [1.29, 1.82) is 0 Å². The Bertz CT molecular complexity index is 161. The molecule has 0 rings (SSSR count). The van der Waals surface area contributed by atoms with Crippen LogP contribution in [0.25, 0.3) is 0 Å². The van der Waals surface area contributed by atoms with Crippen LogP contribution in [-0.2, 0) is 9.59 Å². The maximum atomic E-state index is 11.0. The molecule has 0 aromatic rings. The van der Waals surface area contributed by atoms with Gasteiger partial charge in [0.1, 0.15) is 0 Å². The lowest BCUT2D eigenvalue weighted by atomic mass is 10.1. The van der Waals surface area contributed by atoms with E-state index >= 15 is 0 Å². The Morgan fingerprint density at radius 1 is 1.09 bits per heavy atom. The molecule has 1 amide bonds. The van der Waals surface area contributed by atoms with E-state index in [1.54, 1.807) is 13.8 Å². The predicted octanol–water partition coefficient (Wildman–Crippen LogP) is 0.736. The summed E-state index contributed by atoms with van der Waals surface area (Å²) in [6, 6.07) is 0.0326. The number of Topliss-reactive ketones (excluding diaryl/α,β-unsaturated/α-hetero) is 1. The van der Waals surface area contributed by atoms with Crippen molar-refractivity contribution in [2.24, 2.45) is 5.92 Å². The molecule has 0 fully saturated rings. The maximum Gasteiger partial charge on any atom is 0.287 e. The monoisotopic (exact) mass is 157 g/mol. The van der Waals surface area contributed by atoms with Crippen molar-refractivity contribution in [3.05, 3.63) is 0 Å². The maximum absolute atomic E-state index is 11.0. The molecular weight excluding hydrogens is 142 g/mol. The largest absolute Gasteiger partial charge is 0.347 e. The number of rotatable bonds is 3. The average molecular weight is 157 g/mol. The molecule has 0 aromatic heterocycles. The van der Waals surface area contributed by atoms with E-state index in [2.05, 4.69) is 5.32 Å². The molecule has 11 heavy (non-hydrogen) atoms. The number of hydrogen-bond donors (Lipinski definition) is 1. The van der Waals surface area contributed by atoms with Crippen molar-refractivity contribution in [1.82, 2.24) is 5.32 Å². The molecule has 0 aliphatic carbocycles. The Hall–Kier alpha value is -0.860. The van der Waals surface area contributed by atoms with Crippen LogP contribution in [0.2, 0.25) is 0 Å². The van der Waals surface area contributed by atoms with Crippen LogP contribution < -0.4 is 5.32 Å². The molecule has 0 saturated carbocycles. The topological polar surface area (TPSA) is 46.2 Å². The summed E-state index contributed by atoms with van der Waals surface area (Å²) in [6.45, 7) is 7.07. The smallest absolute Gasteiger partial charge is 0.287 e. The van der Waals surface area contributed by atoms with E-state index in [-0.39, 0.29) is 17.7 Å². The van der Waals surface area contributed by atoms with Gasteiger partial charge >= 0.3 is 0 Å². The first-order valence-electron chi connectivity index (χ1n) is 3.79. The van der Waals surface area contributed by atoms with Crippen LogP contribution in [0.4, 0.5) is 0 Å². The van der Waals surface area contributed by atoms with Crippen molar-refractivity contribution in [2.45, 2.75) is 33.7 Å². The predicted molar refractivity (Wildman–Crippen MR) is 43.1 cm³/mol. The second-order valence-electron chi connectivity index (χ2n) is 3.15. The summed E-state index contributed by atoms with van der Waals surface area (Å²) in [4.78, 5) is 21.9. The number of amides is 1. The number of ketones is 1. The third-order valence-electron chi connectivity index (χ3n) is 1.17. The van der Waals surface area contributed by atoms with Gasteiger partial charge in [0.15, 0.2) is 0 Å². The van der Waals surface area contributed by atoms with Crippen LogP contribution in [-0.4, -0.2) is 17.7 Å². The molecule has 0 saturated heterocycles. The van der Waals surface area contributed by atoms with Crippen molar-refractivity contribution in [3.63, 3.8) is 0 Å². The van der Waals surface area contributed by atoms with Gasteiger partial charge in [0.2, 0.25) is 5.78 Å². The summed E-state index contributed by atoms with van der Waals surface area (Å²) in [5.74, 6) is -1.04. The lowest BCUT2D eigenvalue weighted by molar-refractivity contribution is -0.139. The molecular formula is C8H15NO2. The summed E-state index contributed by atoms with van der Waals surface area (Å²) in [6.07, 6.45) is 0. The zero-order valence-corrected chi connectivity index (χ0v) is 7.47. The molecule has 64 valence electrons. The van der Waals surface area contributed by atoms with Gasteiger partial charge in [0.05, 0.1) is 0 Å². The van der Waals surface area contributed by atoms with Crippen molar-refractivity contribution in [2.75, 3.05) is 0 Å². The Balaban J connectivity index is 3.94. The van der Waals surface area contributed by atoms with Crippen molar-refractivity contribution >= 4 is 11.7 Å². The fraction of sp³-hybridized carbons (Fsp3) is 0.750. The van der Waals surface area contributed by atoms with E-state index in [1.165, 1.54) is 0 Å². The first kappa shape index (κ1) is 10.1. The fourth-order valence-electron chi connectivity index (χ4n) is 0.596. The SMILES string of the molecule is CC(C)NC(=O)C(=O)C(C)C. The van der Waals surface area contributed by atoms with Gasteiger partial charge in [0, 0.05) is 12.0 Å². The lowest BCUT2D eigenvalue weighted by Gasteiger charge is -2.08. The molecule has 3 nitrogen and oxygen atoms in total. The highest BCUT2D eigenvalue weighted by Gasteiger charge is 2.17. The number of hydrogen-bond acceptors (Lipinski definition) is 2. The van der Waals surface area contributed by atoms with Gasteiger partial charge in [-0.2, -0.15) is 0 Å². The quantitative estimate of drug-likeness (QED) is 0.614. The van der Waals surface area contributed by atoms with E-state index in [1.807, 2.05) is 13.8 Å². The Labute approximate surface area is 67.2 Å². The number of carbonyl (C=O) groups is 2. The fourth-order valence-corrected chi connectivity index (χ4v) is 0.596. The molecule has 0 heterocycles.